The van der Waals surface area contributed by atoms with Gasteiger partial charge >= 0.3 is 0 Å². The molecule has 19 heavy (non-hydrogen) atoms. The number of morpholine rings is 1. The highest BCUT2D eigenvalue weighted by molar-refractivity contribution is 5.61. The van der Waals surface area contributed by atoms with Crippen LogP contribution in [0.4, 0.5) is 5.69 Å². The van der Waals surface area contributed by atoms with Crippen molar-refractivity contribution in [1.82, 2.24) is 0 Å². The van der Waals surface area contributed by atoms with Gasteiger partial charge in [0.05, 0.1) is 23.0 Å². The molecule has 0 spiro atoms. The van der Waals surface area contributed by atoms with Gasteiger partial charge in [0.2, 0.25) is 0 Å². The van der Waals surface area contributed by atoms with E-state index in [0.29, 0.717) is 12.1 Å². The van der Waals surface area contributed by atoms with E-state index < -0.39 is 0 Å². The molecule has 1 atom stereocenters. The van der Waals surface area contributed by atoms with Gasteiger partial charge in [0.15, 0.2) is 0 Å². The fraction of sp³-hybridized carbons (Fsp3) is 0.533. The minimum atomic E-state index is -0.197. The van der Waals surface area contributed by atoms with Crippen LogP contribution < -0.4 is 10.6 Å². The van der Waals surface area contributed by atoms with Crippen molar-refractivity contribution < 1.29 is 4.74 Å². The van der Waals surface area contributed by atoms with Crippen molar-refractivity contribution in [2.24, 2.45) is 5.73 Å². The lowest BCUT2D eigenvalue weighted by Crippen LogP contribution is -2.52. The molecule has 0 amide bonds. The van der Waals surface area contributed by atoms with Gasteiger partial charge in [-0.3, -0.25) is 0 Å². The molecule has 4 heteroatoms. The molecular weight excluding hydrogens is 238 g/mol. The summed E-state index contributed by atoms with van der Waals surface area (Å²) in [6.07, 6.45) is 0.157. The first-order valence-electron chi connectivity index (χ1n) is 6.61. The van der Waals surface area contributed by atoms with Crippen LogP contribution in [0.15, 0.2) is 18.2 Å². The van der Waals surface area contributed by atoms with Crippen molar-refractivity contribution in [1.29, 1.82) is 5.26 Å². The van der Waals surface area contributed by atoms with Gasteiger partial charge in [0.1, 0.15) is 6.07 Å². The quantitative estimate of drug-likeness (QED) is 0.882. The summed E-state index contributed by atoms with van der Waals surface area (Å²) in [5, 5.41) is 9.32. The summed E-state index contributed by atoms with van der Waals surface area (Å²) in [7, 11) is 0. The summed E-state index contributed by atoms with van der Waals surface area (Å²) >= 11 is 0. The number of nitriles is 1. The van der Waals surface area contributed by atoms with Crippen LogP contribution in [0.1, 0.15) is 31.9 Å². The second-order valence-corrected chi connectivity index (χ2v) is 5.74. The Morgan fingerprint density at radius 1 is 1.53 bits per heavy atom. The summed E-state index contributed by atoms with van der Waals surface area (Å²) in [6.45, 7) is 8.27. The van der Waals surface area contributed by atoms with E-state index in [1.165, 1.54) is 0 Å². The van der Waals surface area contributed by atoms with Gasteiger partial charge in [0, 0.05) is 19.6 Å². The minimum absolute atomic E-state index is 0.157. The van der Waals surface area contributed by atoms with Gasteiger partial charge < -0.3 is 15.4 Å². The van der Waals surface area contributed by atoms with Crippen molar-refractivity contribution in [2.45, 2.75) is 39.0 Å². The van der Waals surface area contributed by atoms with Crippen LogP contribution in [-0.2, 0) is 11.3 Å². The molecule has 1 heterocycles. The summed E-state index contributed by atoms with van der Waals surface area (Å²) in [5.41, 5.74) is 8.08. The van der Waals surface area contributed by atoms with Crippen molar-refractivity contribution in [2.75, 3.05) is 18.0 Å². The molecule has 2 N–H and O–H groups in total. The van der Waals surface area contributed by atoms with Crippen LogP contribution in [-0.4, -0.2) is 24.8 Å². The molecule has 1 aromatic rings. The number of rotatable bonds is 2. The molecule has 1 aliphatic heterocycles. The maximum Gasteiger partial charge on any atom is 0.101 e. The Hall–Kier alpha value is -1.57. The molecule has 0 radical (unpaired) electrons. The largest absolute Gasteiger partial charge is 0.369 e. The number of ether oxygens (including phenoxy) is 1. The van der Waals surface area contributed by atoms with E-state index in [9.17, 15) is 5.26 Å². The maximum absolute atomic E-state index is 9.32. The van der Waals surface area contributed by atoms with Crippen LogP contribution in [0.2, 0.25) is 0 Å². The highest BCUT2D eigenvalue weighted by atomic mass is 16.5. The van der Waals surface area contributed by atoms with Crippen LogP contribution in [0.5, 0.6) is 0 Å². The van der Waals surface area contributed by atoms with Crippen molar-refractivity contribution in [3.8, 4) is 6.07 Å². The molecule has 1 fully saturated rings. The fourth-order valence-corrected chi connectivity index (χ4v) is 2.71. The molecule has 1 saturated heterocycles. The Morgan fingerprint density at radius 2 is 2.26 bits per heavy atom. The normalized spacial score (nSPS) is 22.1. The third-order valence-electron chi connectivity index (χ3n) is 3.33. The molecular formula is C15H21N3O. The molecule has 1 aromatic carbocycles. The highest BCUT2D eigenvalue weighted by Crippen LogP contribution is 2.28. The minimum Gasteiger partial charge on any atom is -0.369 e. The van der Waals surface area contributed by atoms with E-state index in [1.54, 1.807) is 0 Å². The summed E-state index contributed by atoms with van der Waals surface area (Å²) < 4.78 is 5.90. The van der Waals surface area contributed by atoms with Crippen molar-refractivity contribution in [3.63, 3.8) is 0 Å². The number of nitrogens with two attached hydrogens (primary N) is 1. The van der Waals surface area contributed by atoms with E-state index in [-0.39, 0.29) is 11.7 Å². The van der Waals surface area contributed by atoms with Crippen molar-refractivity contribution >= 4 is 5.69 Å². The van der Waals surface area contributed by atoms with Crippen LogP contribution in [0.3, 0.4) is 0 Å². The number of benzene rings is 1. The third-order valence-corrected chi connectivity index (χ3v) is 3.33. The lowest BCUT2D eigenvalue weighted by atomic mass is 10.0. The smallest absolute Gasteiger partial charge is 0.101 e. The zero-order valence-electron chi connectivity index (χ0n) is 11.8. The molecule has 0 saturated carbocycles. The topological polar surface area (TPSA) is 62.3 Å². The van der Waals surface area contributed by atoms with E-state index in [0.717, 1.165) is 24.3 Å². The first-order valence-corrected chi connectivity index (χ1v) is 6.61. The number of anilines is 1. The molecule has 0 aromatic heterocycles. The zero-order chi connectivity index (χ0) is 14.0. The maximum atomic E-state index is 9.32. The molecule has 0 aliphatic carbocycles. The number of hydrogen-bond donors (Lipinski definition) is 1. The first kappa shape index (κ1) is 13.9. The molecule has 102 valence electrons. The second-order valence-electron chi connectivity index (χ2n) is 5.74. The Morgan fingerprint density at radius 3 is 2.84 bits per heavy atom. The van der Waals surface area contributed by atoms with Gasteiger partial charge in [-0.1, -0.05) is 6.07 Å². The predicted molar refractivity (Wildman–Crippen MR) is 75.9 cm³/mol. The van der Waals surface area contributed by atoms with Gasteiger partial charge in [0.25, 0.3) is 0 Å². The van der Waals surface area contributed by atoms with E-state index >= 15 is 0 Å². The summed E-state index contributed by atoms with van der Waals surface area (Å²) in [4.78, 5) is 2.23. The fourth-order valence-electron chi connectivity index (χ4n) is 2.71. The monoisotopic (exact) mass is 259 g/mol. The Bertz CT molecular complexity index is 505. The van der Waals surface area contributed by atoms with Gasteiger partial charge in [-0.15, -0.1) is 0 Å². The lowest BCUT2D eigenvalue weighted by molar-refractivity contribution is -0.0749. The zero-order valence-corrected chi connectivity index (χ0v) is 11.8. The van der Waals surface area contributed by atoms with E-state index in [4.69, 9.17) is 10.5 Å². The van der Waals surface area contributed by atoms with Crippen LogP contribution in [0, 0.1) is 11.3 Å². The lowest BCUT2D eigenvalue weighted by Gasteiger charge is -2.43. The number of hydrogen-bond acceptors (Lipinski definition) is 4. The molecule has 0 bridgehead atoms. The molecule has 1 unspecified atom stereocenters. The van der Waals surface area contributed by atoms with Gasteiger partial charge in [-0.05, 0) is 38.5 Å². The Kier molecular flexibility index (Phi) is 3.79. The van der Waals surface area contributed by atoms with Gasteiger partial charge in [-0.25, -0.2) is 0 Å². The van der Waals surface area contributed by atoms with E-state index in [2.05, 4.69) is 31.7 Å². The number of nitrogens with zero attached hydrogens (tertiary/aromatic N) is 2. The molecule has 4 nitrogen and oxygen atoms in total. The first-order chi connectivity index (χ1) is 8.95. The third kappa shape index (κ3) is 3.06. The average Bonchev–Trinajstić information content (AvgIpc) is 2.35. The molecule has 2 rings (SSSR count). The van der Waals surface area contributed by atoms with Crippen molar-refractivity contribution in [3.05, 3.63) is 29.3 Å². The standard InChI is InChI=1S/C15H21N3O/c1-11-9-18(10-15(2,3)19-11)14-5-4-12(7-16)6-13(14)8-17/h4-6,11H,7,9-10,16H2,1-3H3. The van der Waals surface area contributed by atoms with Gasteiger partial charge in [-0.2, -0.15) is 5.26 Å². The second kappa shape index (κ2) is 5.20. The molecule has 1 aliphatic rings. The average molecular weight is 259 g/mol. The predicted octanol–water partition coefficient (Wildman–Crippen LogP) is 2.02. The Balaban J connectivity index is 2.33. The van der Waals surface area contributed by atoms with Crippen LogP contribution in [0.25, 0.3) is 0 Å². The van der Waals surface area contributed by atoms with Crippen LogP contribution >= 0.6 is 0 Å². The SMILES string of the molecule is CC1CN(c2ccc(CN)cc2C#N)CC(C)(C)O1. The Labute approximate surface area is 114 Å². The summed E-state index contributed by atoms with van der Waals surface area (Å²) in [6, 6.07) is 8.13. The summed E-state index contributed by atoms with van der Waals surface area (Å²) in [5.74, 6) is 0. The van der Waals surface area contributed by atoms with E-state index in [1.807, 2.05) is 18.2 Å². The highest BCUT2D eigenvalue weighted by Gasteiger charge is 2.32.